The molecule has 0 aliphatic carbocycles. The number of rotatable bonds is 15. The number of nitro groups is 1. The largest absolute Gasteiger partial charge is 0.302 e. The Labute approximate surface area is 211 Å². The molecule has 0 bridgehead atoms. The van der Waals surface area contributed by atoms with Crippen LogP contribution in [0.1, 0.15) is 89.2 Å². The highest BCUT2D eigenvalue weighted by molar-refractivity contribution is 7.85. The first kappa shape index (κ1) is 30.7. The maximum atomic E-state index is 10.5. The van der Waals surface area contributed by atoms with Gasteiger partial charge in [0.1, 0.15) is 4.90 Å². The molecule has 196 valence electrons. The maximum Gasteiger partial charge on any atom is 0.294 e. The van der Waals surface area contributed by atoms with Gasteiger partial charge in [0.15, 0.2) is 0 Å². The van der Waals surface area contributed by atoms with Crippen molar-refractivity contribution in [3.8, 4) is 0 Å². The molecule has 0 aliphatic rings. The van der Waals surface area contributed by atoms with Crippen LogP contribution in [0.2, 0.25) is 0 Å². The molecule has 0 saturated carbocycles. The molecule has 0 aromatic heterocycles. The summed E-state index contributed by atoms with van der Waals surface area (Å²) in [5, 5.41) is 10.2. The zero-order valence-electron chi connectivity index (χ0n) is 21.4. The molecule has 0 aliphatic heterocycles. The quantitative estimate of drug-likeness (QED) is 0.117. The highest BCUT2D eigenvalue weighted by Crippen LogP contribution is 2.24. The minimum absolute atomic E-state index is 0.380. The third kappa shape index (κ3) is 13.4. The van der Waals surface area contributed by atoms with E-state index < -0.39 is 19.9 Å². The van der Waals surface area contributed by atoms with E-state index in [1.807, 2.05) is 0 Å². The third-order valence-corrected chi connectivity index (χ3v) is 6.81. The van der Waals surface area contributed by atoms with E-state index in [9.17, 15) is 18.5 Å². The molecule has 0 amide bonds. The van der Waals surface area contributed by atoms with Crippen molar-refractivity contribution in [3.05, 3.63) is 70.3 Å². The topological polar surface area (TPSA) is 101 Å². The van der Waals surface area contributed by atoms with Gasteiger partial charge in [-0.15, -0.1) is 0 Å². The Bertz CT molecular complexity index is 949. The van der Waals surface area contributed by atoms with Gasteiger partial charge in [0.05, 0.1) is 4.92 Å². The van der Waals surface area contributed by atoms with Crippen molar-refractivity contribution in [3.63, 3.8) is 0 Å². The van der Waals surface area contributed by atoms with Crippen LogP contribution < -0.4 is 0 Å². The minimum Gasteiger partial charge on any atom is -0.302 e. The van der Waals surface area contributed by atoms with Gasteiger partial charge in [0.25, 0.3) is 15.8 Å². The average molecular weight is 507 g/mol. The zero-order valence-corrected chi connectivity index (χ0v) is 22.3. The Hall–Kier alpha value is -2.29. The van der Waals surface area contributed by atoms with Crippen LogP contribution in [-0.2, 0) is 10.1 Å². The Balaban J connectivity index is 0.000000400. The monoisotopic (exact) mass is 506 g/mol. The summed E-state index contributed by atoms with van der Waals surface area (Å²) >= 11 is 0. The van der Waals surface area contributed by atoms with Gasteiger partial charge < -0.3 is 4.90 Å². The van der Waals surface area contributed by atoms with Crippen molar-refractivity contribution in [2.45, 2.75) is 88.5 Å². The van der Waals surface area contributed by atoms with E-state index >= 15 is 0 Å². The summed E-state index contributed by atoms with van der Waals surface area (Å²) in [6.45, 7) is 2.29. The molecule has 1 unspecified atom stereocenters. The molecule has 0 spiro atoms. The summed E-state index contributed by atoms with van der Waals surface area (Å²) in [6, 6.07) is 15.7. The van der Waals surface area contributed by atoms with E-state index in [-0.39, 0.29) is 5.69 Å². The molecule has 7 nitrogen and oxygen atoms in total. The molecule has 35 heavy (non-hydrogen) atoms. The lowest BCUT2D eigenvalue weighted by atomic mass is 9.98. The fourth-order valence-corrected chi connectivity index (χ4v) is 4.50. The molecule has 0 radical (unpaired) electrons. The predicted molar refractivity (Wildman–Crippen MR) is 142 cm³/mol. The lowest BCUT2D eigenvalue weighted by Crippen LogP contribution is -2.19. The van der Waals surface area contributed by atoms with Crippen LogP contribution in [0.15, 0.2) is 59.5 Å². The first-order valence-electron chi connectivity index (χ1n) is 12.6. The summed E-state index contributed by atoms with van der Waals surface area (Å²) in [5.41, 5.74) is 1.08. The molecule has 0 saturated heterocycles. The molecule has 1 atom stereocenters. The highest BCUT2D eigenvalue weighted by Gasteiger charge is 2.14. The van der Waals surface area contributed by atoms with Crippen LogP contribution in [0.3, 0.4) is 0 Å². The van der Waals surface area contributed by atoms with Gasteiger partial charge in [-0.25, -0.2) is 0 Å². The van der Waals surface area contributed by atoms with E-state index in [2.05, 4.69) is 56.3 Å². The number of nitrogens with zero attached hydrogens (tertiary/aromatic N) is 2. The SMILES string of the molecule is CCCCCCCCCCCCC(c1ccccc1)N(C)C.O=[N+]([O-])c1cccc(S(=O)(=O)O)c1. The smallest absolute Gasteiger partial charge is 0.294 e. The maximum absolute atomic E-state index is 10.5. The number of hydrogen-bond acceptors (Lipinski definition) is 5. The Morgan fingerprint density at radius 2 is 1.40 bits per heavy atom. The third-order valence-electron chi connectivity index (χ3n) is 5.97. The van der Waals surface area contributed by atoms with Gasteiger partial charge in [-0.2, -0.15) is 8.42 Å². The van der Waals surface area contributed by atoms with E-state index in [1.165, 1.54) is 82.3 Å². The van der Waals surface area contributed by atoms with E-state index in [0.717, 1.165) is 18.2 Å². The van der Waals surface area contributed by atoms with Gasteiger partial charge in [0.2, 0.25) is 0 Å². The molecular formula is C27H42N2O5S. The van der Waals surface area contributed by atoms with Crippen LogP contribution in [-0.4, -0.2) is 36.9 Å². The first-order chi connectivity index (χ1) is 16.7. The van der Waals surface area contributed by atoms with Crippen molar-refractivity contribution >= 4 is 15.8 Å². The van der Waals surface area contributed by atoms with Gasteiger partial charge in [-0.1, -0.05) is 108 Å². The Morgan fingerprint density at radius 3 is 1.89 bits per heavy atom. The second-order valence-corrected chi connectivity index (χ2v) is 10.5. The van der Waals surface area contributed by atoms with Crippen molar-refractivity contribution in [2.24, 2.45) is 0 Å². The summed E-state index contributed by atoms with van der Waals surface area (Å²) in [6.07, 6.45) is 15.5. The molecule has 1 N–H and O–H groups in total. The normalized spacial score (nSPS) is 12.1. The van der Waals surface area contributed by atoms with Crippen LogP contribution in [0, 0.1) is 10.1 Å². The summed E-state index contributed by atoms with van der Waals surface area (Å²) in [7, 11) is 0.0414. The van der Waals surface area contributed by atoms with E-state index in [4.69, 9.17) is 4.55 Å². The Morgan fingerprint density at radius 1 is 0.857 bits per heavy atom. The predicted octanol–water partition coefficient (Wildman–Crippen LogP) is 7.44. The fourth-order valence-electron chi connectivity index (χ4n) is 3.98. The van der Waals surface area contributed by atoms with Crippen molar-refractivity contribution in [1.29, 1.82) is 0 Å². The Kier molecular flexibility index (Phi) is 15.1. The van der Waals surface area contributed by atoms with Crippen molar-refractivity contribution < 1.29 is 17.9 Å². The highest BCUT2D eigenvalue weighted by atomic mass is 32.2. The molecule has 0 fully saturated rings. The number of non-ortho nitro benzene ring substituents is 1. The summed E-state index contributed by atoms with van der Waals surface area (Å²) < 4.78 is 29.6. The minimum atomic E-state index is -4.36. The standard InChI is InChI=1S/C21H37N.C6H5NO5S/c1-4-5-6-7-8-9-10-11-12-16-19-21(22(2)3)20-17-14-13-15-18-20;8-7(9)5-2-1-3-6(4-5)13(10,11)12/h13-15,17-18,21H,4-12,16,19H2,1-3H3;1-4H,(H,10,11,12). The number of nitro benzene ring substituents is 1. The van der Waals surface area contributed by atoms with Gasteiger partial charge in [-0.05, 0) is 32.1 Å². The van der Waals surface area contributed by atoms with Crippen LogP contribution in [0.5, 0.6) is 0 Å². The van der Waals surface area contributed by atoms with Crippen molar-refractivity contribution in [2.75, 3.05) is 14.1 Å². The molecule has 2 rings (SSSR count). The molecule has 2 aromatic carbocycles. The van der Waals surface area contributed by atoms with Gasteiger partial charge in [-0.3, -0.25) is 14.7 Å². The first-order valence-corrected chi connectivity index (χ1v) is 14.0. The van der Waals surface area contributed by atoms with Crippen LogP contribution in [0.4, 0.5) is 5.69 Å². The second-order valence-electron chi connectivity index (χ2n) is 9.09. The second kappa shape index (κ2) is 17.2. The zero-order chi connectivity index (χ0) is 26.1. The fraction of sp³-hybridized carbons (Fsp3) is 0.556. The number of hydrogen-bond donors (Lipinski definition) is 1. The van der Waals surface area contributed by atoms with Gasteiger partial charge >= 0.3 is 0 Å². The lowest BCUT2D eigenvalue weighted by Gasteiger charge is -2.24. The molecule has 2 aromatic rings. The van der Waals surface area contributed by atoms with Crippen molar-refractivity contribution in [1.82, 2.24) is 4.90 Å². The van der Waals surface area contributed by atoms with Gasteiger partial charge in [0, 0.05) is 18.2 Å². The van der Waals surface area contributed by atoms with Crippen LogP contribution in [0.25, 0.3) is 0 Å². The molecule has 8 heteroatoms. The molecular weight excluding hydrogens is 464 g/mol. The van der Waals surface area contributed by atoms with E-state index in [1.54, 1.807) is 0 Å². The number of benzene rings is 2. The van der Waals surface area contributed by atoms with Crippen LogP contribution >= 0.6 is 0 Å². The number of unbranched alkanes of at least 4 members (excludes halogenated alkanes) is 9. The summed E-state index contributed by atoms with van der Waals surface area (Å²) in [5.74, 6) is 0. The lowest BCUT2D eigenvalue weighted by molar-refractivity contribution is -0.385. The average Bonchev–Trinajstić information content (AvgIpc) is 2.83. The van der Waals surface area contributed by atoms with E-state index in [0.29, 0.717) is 6.04 Å². The summed E-state index contributed by atoms with van der Waals surface area (Å²) in [4.78, 5) is 11.3. The molecule has 0 heterocycles.